The lowest BCUT2D eigenvalue weighted by Crippen LogP contribution is -2.57. The van der Waals surface area contributed by atoms with Gasteiger partial charge in [-0.15, -0.1) is 0 Å². The summed E-state index contributed by atoms with van der Waals surface area (Å²) >= 11 is 0. The number of allylic oxidation sites excluding steroid dienone is 1. The quantitative estimate of drug-likeness (QED) is 0.535. The molecule has 0 aliphatic carbocycles. The molecule has 0 radical (unpaired) electrons. The van der Waals surface area contributed by atoms with E-state index in [-0.39, 0.29) is 11.9 Å². The summed E-state index contributed by atoms with van der Waals surface area (Å²) in [5, 5.41) is -1.05. The second kappa shape index (κ2) is 6.44. The molecule has 0 aromatic heterocycles. The van der Waals surface area contributed by atoms with Crippen molar-refractivity contribution in [3.63, 3.8) is 0 Å². The van der Waals surface area contributed by atoms with Gasteiger partial charge in [0.1, 0.15) is 0 Å². The Labute approximate surface area is 127 Å². The number of ether oxygens (including phenoxy) is 1. The molecule has 142 valence electrons. The molecule has 0 saturated carbocycles. The first-order valence-electron chi connectivity index (χ1n) is 5.95. The summed E-state index contributed by atoms with van der Waals surface area (Å²) in [6.45, 7) is -3.30. The average molecular weight is 382 g/mol. The summed E-state index contributed by atoms with van der Waals surface area (Å²) in [6, 6.07) is 0. The average Bonchev–Trinajstić information content (AvgIpc) is 2.34. The number of alkyl halides is 9. The summed E-state index contributed by atoms with van der Waals surface area (Å²) in [6.07, 6.45) is -23.0. The minimum Gasteiger partial charge on any atom is -0.352 e. The van der Waals surface area contributed by atoms with E-state index in [0.29, 0.717) is 0 Å². The first kappa shape index (κ1) is 20.6. The molecule has 2 atom stereocenters. The molecule has 0 N–H and O–H groups in total. The van der Waals surface area contributed by atoms with Gasteiger partial charge in [0, 0.05) is 7.05 Å². The summed E-state index contributed by atoms with van der Waals surface area (Å²) in [5.41, 5.74) is 0. The Morgan fingerprint density at radius 3 is 1.54 bits per heavy atom. The van der Waals surface area contributed by atoms with Crippen LogP contribution in [0.25, 0.3) is 0 Å². The van der Waals surface area contributed by atoms with Gasteiger partial charge in [-0.25, -0.2) is 0 Å². The Kier molecular flexibility index (Phi) is 5.52. The van der Waals surface area contributed by atoms with Crippen LogP contribution in [-0.4, -0.2) is 60.9 Å². The zero-order valence-electron chi connectivity index (χ0n) is 11.5. The fourth-order valence-corrected chi connectivity index (χ4v) is 1.89. The second-order valence-corrected chi connectivity index (χ2v) is 4.71. The number of nitrogens with zero attached hydrogens (tertiary/aromatic N) is 2. The highest BCUT2D eigenvalue weighted by atomic mass is 19.4. The molecule has 0 aromatic rings. The standard InChI is InChI=1S/C10H9F11N2O/c1-22(21)7(6(11)10(18,19)20)23-2-4(8(12,13)14)24-5(3-23)9(15,16)17/h4-5H,2-3H2,1H3/b7-6-. The second-order valence-electron chi connectivity index (χ2n) is 4.71. The Bertz CT molecular complexity index is 457. The number of halogens is 11. The van der Waals surface area contributed by atoms with Crippen LogP contribution >= 0.6 is 0 Å². The molecule has 0 aromatic carbocycles. The molecule has 1 aliphatic rings. The van der Waals surface area contributed by atoms with Crippen LogP contribution in [0.1, 0.15) is 0 Å². The third-order valence-electron chi connectivity index (χ3n) is 2.87. The van der Waals surface area contributed by atoms with E-state index < -0.39 is 60.6 Å². The van der Waals surface area contributed by atoms with Crippen LogP contribution in [-0.2, 0) is 4.74 Å². The van der Waals surface area contributed by atoms with Gasteiger partial charge in [0.05, 0.1) is 13.1 Å². The van der Waals surface area contributed by atoms with Gasteiger partial charge in [0.25, 0.3) is 0 Å². The molecular weight excluding hydrogens is 373 g/mol. The molecule has 14 heteroatoms. The van der Waals surface area contributed by atoms with Crippen molar-refractivity contribution in [2.24, 2.45) is 0 Å². The topological polar surface area (TPSA) is 15.7 Å². The molecule has 1 aliphatic heterocycles. The van der Waals surface area contributed by atoms with E-state index >= 15 is 0 Å². The zero-order chi connectivity index (χ0) is 19.1. The maximum absolute atomic E-state index is 13.3. The summed E-state index contributed by atoms with van der Waals surface area (Å²) in [7, 11) is 0.196. The molecule has 24 heavy (non-hydrogen) atoms. The van der Waals surface area contributed by atoms with Crippen LogP contribution in [0, 0.1) is 0 Å². The third kappa shape index (κ3) is 4.77. The predicted octanol–water partition coefficient (Wildman–Crippen LogP) is 3.70. The molecular formula is C10H9F11N2O. The van der Waals surface area contributed by atoms with Crippen molar-refractivity contribution >= 4 is 0 Å². The Balaban J connectivity index is 3.32. The van der Waals surface area contributed by atoms with Crippen LogP contribution in [0.2, 0.25) is 0 Å². The Morgan fingerprint density at radius 2 is 1.29 bits per heavy atom. The Morgan fingerprint density at radius 1 is 0.917 bits per heavy atom. The van der Waals surface area contributed by atoms with Crippen LogP contribution in [0.3, 0.4) is 0 Å². The smallest absolute Gasteiger partial charge is 0.352 e. The van der Waals surface area contributed by atoms with Crippen molar-refractivity contribution in [2.75, 3.05) is 20.1 Å². The molecule has 0 bridgehead atoms. The van der Waals surface area contributed by atoms with E-state index in [1.807, 2.05) is 0 Å². The van der Waals surface area contributed by atoms with Gasteiger partial charge in [-0.05, 0) is 0 Å². The van der Waals surface area contributed by atoms with Gasteiger partial charge in [0.2, 0.25) is 5.83 Å². The third-order valence-corrected chi connectivity index (χ3v) is 2.87. The lowest BCUT2D eigenvalue weighted by molar-refractivity contribution is -0.306. The van der Waals surface area contributed by atoms with Crippen molar-refractivity contribution in [3.8, 4) is 0 Å². The molecule has 0 spiro atoms. The number of rotatable bonds is 2. The lowest BCUT2D eigenvalue weighted by atomic mass is 10.2. The van der Waals surface area contributed by atoms with E-state index in [4.69, 9.17) is 0 Å². The predicted molar refractivity (Wildman–Crippen MR) is 55.4 cm³/mol. The first-order chi connectivity index (χ1) is 10.5. The van der Waals surface area contributed by atoms with Crippen molar-refractivity contribution in [1.82, 2.24) is 10.0 Å². The highest BCUT2D eigenvalue weighted by molar-refractivity contribution is 5.11. The van der Waals surface area contributed by atoms with Crippen LogP contribution < -0.4 is 0 Å². The lowest BCUT2D eigenvalue weighted by Gasteiger charge is -2.41. The van der Waals surface area contributed by atoms with Crippen LogP contribution in [0.4, 0.5) is 48.4 Å². The van der Waals surface area contributed by atoms with E-state index in [2.05, 4.69) is 4.74 Å². The SMILES string of the molecule is CN(F)/C(=C(/F)C(F)(F)F)N1CC(C(F)(F)F)OC(C(F)(F)F)C1. The van der Waals surface area contributed by atoms with Crippen molar-refractivity contribution < 1.29 is 53.1 Å². The van der Waals surface area contributed by atoms with E-state index in [0.717, 1.165) is 0 Å². The maximum Gasteiger partial charge on any atom is 0.446 e. The molecule has 2 unspecified atom stereocenters. The van der Waals surface area contributed by atoms with E-state index in [1.54, 1.807) is 0 Å². The minimum absolute atomic E-state index is 0.196. The monoisotopic (exact) mass is 382 g/mol. The van der Waals surface area contributed by atoms with Crippen molar-refractivity contribution in [1.29, 1.82) is 0 Å². The van der Waals surface area contributed by atoms with E-state index in [1.165, 1.54) is 0 Å². The van der Waals surface area contributed by atoms with Crippen molar-refractivity contribution in [3.05, 3.63) is 11.6 Å². The molecule has 1 heterocycles. The van der Waals surface area contributed by atoms with Crippen LogP contribution in [0.5, 0.6) is 0 Å². The van der Waals surface area contributed by atoms with Crippen molar-refractivity contribution in [2.45, 2.75) is 30.7 Å². The van der Waals surface area contributed by atoms with Gasteiger partial charge in [0.15, 0.2) is 18.0 Å². The van der Waals surface area contributed by atoms with Crippen LogP contribution in [0.15, 0.2) is 11.6 Å². The van der Waals surface area contributed by atoms with Gasteiger partial charge >= 0.3 is 18.5 Å². The van der Waals surface area contributed by atoms with Gasteiger partial charge in [-0.2, -0.15) is 49.0 Å². The number of morpholine rings is 1. The maximum atomic E-state index is 13.3. The molecule has 0 amide bonds. The Hall–Kier alpha value is -1.47. The summed E-state index contributed by atoms with van der Waals surface area (Å²) in [5.74, 6) is -5.27. The number of hydrogen-bond acceptors (Lipinski definition) is 3. The molecule has 1 fully saturated rings. The highest BCUT2D eigenvalue weighted by Crippen LogP contribution is 2.38. The molecule has 3 nitrogen and oxygen atoms in total. The van der Waals surface area contributed by atoms with Gasteiger partial charge < -0.3 is 9.64 Å². The minimum atomic E-state index is -5.81. The summed E-state index contributed by atoms with van der Waals surface area (Å²) < 4.78 is 143. The number of hydrogen-bond donors (Lipinski definition) is 0. The largest absolute Gasteiger partial charge is 0.446 e. The van der Waals surface area contributed by atoms with E-state index in [9.17, 15) is 48.4 Å². The highest BCUT2D eigenvalue weighted by Gasteiger charge is 2.54. The summed E-state index contributed by atoms with van der Waals surface area (Å²) in [4.78, 5) is -0.345. The zero-order valence-corrected chi connectivity index (χ0v) is 11.5. The normalized spacial score (nSPS) is 24.8. The molecule has 1 saturated heterocycles. The van der Waals surface area contributed by atoms with Gasteiger partial charge in [-0.1, -0.05) is 4.48 Å². The fourth-order valence-electron chi connectivity index (χ4n) is 1.89. The fraction of sp³-hybridized carbons (Fsp3) is 0.800. The van der Waals surface area contributed by atoms with Gasteiger partial charge in [-0.3, -0.25) is 0 Å². The first-order valence-corrected chi connectivity index (χ1v) is 5.95. The molecule has 1 rings (SSSR count).